The van der Waals surface area contributed by atoms with Crippen LogP contribution in [0.3, 0.4) is 0 Å². The summed E-state index contributed by atoms with van der Waals surface area (Å²) in [6.07, 6.45) is -0.716. The lowest BCUT2D eigenvalue weighted by molar-refractivity contribution is -0.158. The molecular formula is C14H13Cl4NO3. The molecule has 0 aliphatic heterocycles. The summed E-state index contributed by atoms with van der Waals surface area (Å²) in [5.74, 6) is -1.12. The molecule has 0 saturated heterocycles. The third-order valence-electron chi connectivity index (χ3n) is 3.49. The molecule has 1 fully saturated rings. The van der Waals surface area contributed by atoms with Crippen molar-refractivity contribution in [2.45, 2.75) is 30.7 Å². The van der Waals surface area contributed by atoms with Crippen LogP contribution in [0.2, 0.25) is 10.0 Å². The first-order valence-corrected chi connectivity index (χ1v) is 7.92. The van der Waals surface area contributed by atoms with Gasteiger partial charge in [0, 0.05) is 22.2 Å². The van der Waals surface area contributed by atoms with E-state index < -0.39 is 27.7 Å². The number of hydrogen-bond acceptors (Lipinski definition) is 3. The minimum Gasteiger partial charge on any atom is -0.452 e. The van der Waals surface area contributed by atoms with Crippen LogP contribution in [-0.4, -0.2) is 22.3 Å². The van der Waals surface area contributed by atoms with Gasteiger partial charge in [0.15, 0.2) is 6.10 Å². The van der Waals surface area contributed by atoms with Crippen molar-refractivity contribution >= 4 is 64.0 Å². The lowest BCUT2D eigenvalue weighted by Gasteiger charge is -2.17. The number of amides is 1. The van der Waals surface area contributed by atoms with E-state index in [1.165, 1.54) is 25.1 Å². The Labute approximate surface area is 148 Å². The van der Waals surface area contributed by atoms with Crippen LogP contribution in [0.4, 0.5) is 5.69 Å². The summed E-state index contributed by atoms with van der Waals surface area (Å²) < 4.78 is 3.98. The minimum atomic E-state index is -1.14. The molecule has 1 amide bonds. The number of carbonyl (C=O) groups is 2. The Kier molecular flexibility index (Phi) is 4.88. The monoisotopic (exact) mass is 383 g/mol. The maximum atomic E-state index is 12.0. The molecule has 120 valence electrons. The van der Waals surface area contributed by atoms with E-state index in [0.29, 0.717) is 22.2 Å². The van der Waals surface area contributed by atoms with Crippen LogP contribution in [0.25, 0.3) is 0 Å². The van der Waals surface area contributed by atoms with Crippen molar-refractivity contribution in [2.75, 3.05) is 5.32 Å². The van der Waals surface area contributed by atoms with Gasteiger partial charge in [-0.25, -0.2) is 0 Å². The van der Waals surface area contributed by atoms with Crippen molar-refractivity contribution in [3.8, 4) is 0 Å². The third kappa shape index (κ3) is 3.62. The Morgan fingerprint density at radius 2 is 1.73 bits per heavy atom. The molecule has 22 heavy (non-hydrogen) atoms. The molecular weight excluding hydrogens is 372 g/mol. The fourth-order valence-corrected chi connectivity index (χ4v) is 3.05. The number of hydrogen-bond donors (Lipinski definition) is 1. The zero-order valence-corrected chi connectivity index (χ0v) is 14.8. The number of carbonyl (C=O) groups excluding carboxylic acids is 2. The molecule has 1 aliphatic rings. The van der Waals surface area contributed by atoms with Crippen LogP contribution in [0.5, 0.6) is 0 Å². The number of halogens is 4. The van der Waals surface area contributed by atoms with Crippen LogP contribution < -0.4 is 5.32 Å². The SMILES string of the molecule is C[C@H](OC(=O)[C@]1(C)CC1(Cl)Cl)C(=O)Nc1cc(Cl)cc(Cl)c1. The normalized spacial score (nSPS) is 23.5. The molecule has 1 aliphatic carbocycles. The number of nitrogens with one attached hydrogen (secondary N) is 1. The van der Waals surface area contributed by atoms with Crippen LogP contribution in [0.1, 0.15) is 20.3 Å². The largest absolute Gasteiger partial charge is 0.452 e. The Morgan fingerprint density at radius 3 is 2.18 bits per heavy atom. The molecule has 0 unspecified atom stereocenters. The van der Waals surface area contributed by atoms with Gasteiger partial charge in [-0.2, -0.15) is 0 Å². The summed E-state index contributed by atoms with van der Waals surface area (Å²) in [7, 11) is 0. The van der Waals surface area contributed by atoms with Crippen molar-refractivity contribution in [1.29, 1.82) is 0 Å². The zero-order chi connectivity index (χ0) is 16.7. The van der Waals surface area contributed by atoms with Crippen LogP contribution in [-0.2, 0) is 14.3 Å². The topological polar surface area (TPSA) is 55.4 Å². The number of alkyl halides is 2. The lowest BCUT2D eigenvalue weighted by atomic mass is 10.1. The van der Waals surface area contributed by atoms with Crippen molar-refractivity contribution < 1.29 is 14.3 Å². The standard InChI is InChI=1S/C14H13Cl4NO3/c1-7(22-12(21)13(2)6-14(13,17)18)11(20)19-10-4-8(15)3-9(16)5-10/h3-5,7H,6H2,1-2H3,(H,19,20)/t7-,13-/m0/s1. The molecule has 2 atom stereocenters. The van der Waals surface area contributed by atoms with Gasteiger partial charge in [-0.1, -0.05) is 23.2 Å². The second-order valence-corrected chi connectivity index (χ2v) is 7.77. The van der Waals surface area contributed by atoms with E-state index in [-0.39, 0.29) is 0 Å². The van der Waals surface area contributed by atoms with Crippen LogP contribution in [0.15, 0.2) is 18.2 Å². The highest BCUT2D eigenvalue weighted by Crippen LogP contribution is 2.64. The van der Waals surface area contributed by atoms with E-state index in [1.54, 1.807) is 6.92 Å². The highest BCUT2D eigenvalue weighted by atomic mass is 35.5. The first kappa shape index (κ1) is 17.7. The Bertz CT molecular complexity index is 614. The fourth-order valence-electron chi connectivity index (χ4n) is 1.84. The van der Waals surface area contributed by atoms with Crippen molar-refractivity contribution in [3.63, 3.8) is 0 Å². The Balaban J connectivity index is 1.97. The van der Waals surface area contributed by atoms with E-state index >= 15 is 0 Å². The van der Waals surface area contributed by atoms with Gasteiger partial charge >= 0.3 is 5.97 Å². The molecule has 8 heteroatoms. The van der Waals surface area contributed by atoms with Gasteiger partial charge in [0.2, 0.25) is 0 Å². The summed E-state index contributed by atoms with van der Waals surface area (Å²) >= 11 is 23.5. The molecule has 0 radical (unpaired) electrons. The number of esters is 1. The van der Waals surface area contributed by atoms with E-state index in [4.69, 9.17) is 51.1 Å². The van der Waals surface area contributed by atoms with Gasteiger partial charge in [0.25, 0.3) is 5.91 Å². The molecule has 4 nitrogen and oxygen atoms in total. The smallest absolute Gasteiger partial charge is 0.315 e. The Morgan fingerprint density at radius 1 is 1.23 bits per heavy atom. The van der Waals surface area contributed by atoms with Crippen molar-refractivity contribution in [1.82, 2.24) is 0 Å². The summed E-state index contributed by atoms with van der Waals surface area (Å²) in [5, 5.41) is 3.33. The van der Waals surface area contributed by atoms with Gasteiger partial charge in [-0.15, -0.1) is 23.2 Å². The molecule has 0 aromatic heterocycles. The highest BCUT2D eigenvalue weighted by Gasteiger charge is 2.69. The van der Waals surface area contributed by atoms with Gasteiger partial charge < -0.3 is 10.1 Å². The van der Waals surface area contributed by atoms with E-state index in [0.717, 1.165) is 0 Å². The summed E-state index contributed by atoms with van der Waals surface area (Å²) in [6, 6.07) is 4.60. The summed E-state index contributed by atoms with van der Waals surface area (Å²) in [6.45, 7) is 3.05. The van der Waals surface area contributed by atoms with E-state index in [9.17, 15) is 9.59 Å². The molecule has 0 bridgehead atoms. The molecule has 0 heterocycles. The quantitative estimate of drug-likeness (QED) is 0.616. The zero-order valence-electron chi connectivity index (χ0n) is 11.8. The van der Waals surface area contributed by atoms with Crippen molar-refractivity contribution in [3.05, 3.63) is 28.2 Å². The molecule has 1 aromatic rings. The summed E-state index contributed by atoms with van der Waals surface area (Å²) in [5.41, 5.74) is -0.573. The predicted molar refractivity (Wildman–Crippen MR) is 87.8 cm³/mol. The minimum absolute atomic E-state index is 0.292. The molecule has 1 aromatic carbocycles. The van der Waals surface area contributed by atoms with Gasteiger partial charge in [0.05, 0.1) is 0 Å². The fraction of sp³-hybridized carbons (Fsp3) is 0.429. The van der Waals surface area contributed by atoms with E-state index in [2.05, 4.69) is 5.32 Å². The average molecular weight is 385 g/mol. The van der Waals surface area contributed by atoms with Crippen LogP contribution >= 0.6 is 46.4 Å². The highest BCUT2D eigenvalue weighted by molar-refractivity contribution is 6.53. The second-order valence-electron chi connectivity index (χ2n) is 5.41. The summed E-state index contributed by atoms with van der Waals surface area (Å²) in [4.78, 5) is 24.0. The first-order valence-electron chi connectivity index (χ1n) is 6.41. The second kappa shape index (κ2) is 6.08. The number of rotatable bonds is 4. The van der Waals surface area contributed by atoms with E-state index in [1.807, 2.05) is 0 Å². The molecule has 0 spiro atoms. The number of anilines is 1. The first-order chi connectivity index (χ1) is 10.0. The Hall–Kier alpha value is -0.680. The van der Waals surface area contributed by atoms with Gasteiger partial charge in [-0.3, -0.25) is 9.59 Å². The van der Waals surface area contributed by atoms with Crippen LogP contribution in [0, 0.1) is 5.41 Å². The van der Waals surface area contributed by atoms with Gasteiger partial charge in [-0.05, 0) is 32.0 Å². The maximum Gasteiger partial charge on any atom is 0.315 e. The van der Waals surface area contributed by atoms with Gasteiger partial charge in [0.1, 0.15) is 9.75 Å². The molecule has 1 saturated carbocycles. The molecule has 2 rings (SSSR count). The van der Waals surface area contributed by atoms with Crippen molar-refractivity contribution in [2.24, 2.45) is 5.41 Å². The third-order valence-corrected chi connectivity index (χ3v) is 5.03. The maximum absolute atomic E-state index is 12.0. The average Bonchev–Trinajstić information content (AvgIpc) is 2.88. The molecule has 1 N–H and O–H groups in total. The number of benzene rings is 1. The predicted octanol–water partition coefficient (Wildman–Crippen LogP) is 4.45. The lowest BCUT2D eigenvalue weighted by Crippen LogP contribution is -2.33. The number of ether oxygens (including phenoxy) is 1.